The Bertz CT molecular complexity index is 737. The van der Waals surface area contributed by atoms with Crippen LogP contribution in [-0.2, 0) is 6.42 Å². The highest BCUT2D eigenvalue weighted by atomic mass is 35.5. The lowest BCUT2D eigenvalue weighted by Crippen LogP contribution is -2.26. The first-order valence-corrected chi connectivity index (χ1v) is 9.07. The summed E-state index contributed by atoms with van der Waals surface area (Å²) in [5, 5.41) is 7.25. The van der Waals surface area contributed by atoms with Crippen LogP contribution < -0.4 is 10.6 Å². The third-order valence-corrected chi connectivity index (χ3v) is 4.18. The second kappa shape index (κ2) is 9.59. The maximum Gasteiger partial charge on any atom is 0.270 e. The van der Waals surface area contributed by atoms with E-state index in [1.165, 1.54) is 0 Å². The molecule has 0 radical (unpaired) electrons. The molecule has 0 aliphatic carbocycles. The van der Waals surface area contributed by atoms with Gasteiger partial charge in [0.15, 0.2) is 0 Å². The Kier molecular flexibility index (Phi) is 7.47. The fraction of sp³-hybridized carbons (Fsp3) is 0.389. The quantitative estimate of drug-likeness (QED) is 0.670. The van der Waals surface area contributed by atoms with Crippen molar-refractivity contribution in [2.75, 3.05) is 18.4 Å². The van der Waals surface area contributed by atoms with Gasteiger partial charge in [0.2, 0.25) is 5.95 Å². The first-order valence-electron chi connectivity index (χ1n) is 8.31. The van der Waals surface area contributed by atoms with E-state index in [2.05, 4.69) is 27.5 Å². The lowest BCUT2D eigenvalue weighted by molar-refractivity contribution is 0.0948. The highest BCUT2D eigenvalue weighted by molar-refractivity contribution is 6.35. The lowest BCUT2D eigenvalue weighted by atomic mass is 10.1. The fourth-order valence-corrected chi connectivity index (χ4v) is 2.77. The van der Waals surface area contributed by atoms with Gasteiger partial charge in [-0.3, -0.25) is 4.79 Å². The van der Waals surface area contributed by atoms with E-state index in [4.69, 9.17) is 23.2 Å². The molecule has 0 aliphatic heterocycles. The summed E-state index contributed by atoms with van der Waals surface area (Å²) in [6.07, 6.45) is 2.68. The van der Waals surface area contributed by atoms with E-state index in [-0.39, 0.29) is 5.91 Å². The SMILES string of the molecule is CCCCNC(=O)c1cc(C)nc(NCCc2ccc(Cl)cc2Cl)n1. The average Bonchev–Trinajstić information content (AvgIpc) is 2.56. The number of amides is 1. The minimum Gasteiger partial charge on any atom is -0.354 e. The number of nitrogens with zero attached hydrogens (tertiary/aromatic N) is 2. The van der Waals surface area contributed by atoms with Crippen molar-refractivity contribution in [1.29, 1.82) is 0 Å². The van der Waals surface area contributed by atoms with Crippen molar-refractivity contribution < 1.29 is 4.79 Å². The molecule has 1 heterocycles. The molecule has 0 unspecified atom stereocenters. The monoisotopic (exact) mass is 380 g/mol. The first-order chi connectivity index (χ1) is 12.0. The largest absolute Gasteiger partial charge is 0.354 e. The molecule has 1 amide bonds. The van der Waals surface area contributed by atoms with Crippen molar-refractivity contribution >= 4 is 35.1 Å². The summed E-state index contributed by atoms with van der Waals surface area (Å²) in [5.74, 6) is 0.258. The van der Waals surface area contributed by atoms with Crippen LogP contribution in [0.1, 0.15) is 41.5 Å². The van der Waals surface area contributed by atoms with Crippen molar-refractivity contribution in [3.8, 4) is 0 Å². The molecular weight excluding hydrogens is 359 g/mol. The lowest BCUT2D eigenvalue weighted by Gasteiger charge is -2.09. The molecular formula is C18H22Cl2N4O. The molecule has 0 fully saturated rings. The Morgan fingerprint density at radius 1 is 1.16 bits per heavy atom. The molecule has 0 atom stereocenters. The molecule has 0 aliphatic rings. The van der Waals surface area contributed by atoms with Gasteiger partial charge >= 0.3 is 0 Å². The molecule has 1 aromatic heterocycles. The number of nitrogens with one attached hydrogen (secondary N) is 2. The number of halogens is 2. The summed E-state index contributed by atoms with van der Waals surface area (Å²) < 4.78 is 0. The number of benzene rings is 1. The predicted octanol–water partition coefficient (Wildman–Crippen LogP) is 4.28. The summed E-state index contributed by atoms with van der Waals surface area (Å²) >= 11 is 12.1. The molecule has 25 heavy (non-hydrogen) atoms. The molecule has 0 bridgehead atoms. The van der Waals surface area contributed by atoms with E-state index in [0.29, 0.717) is 41.2 Å². The summed E-state index contributed by atoms with van der Waals surface area (Å²) in [7, 11) is 0. The Morgan fingerprint density at radius 3 is 2.68 bits per heavy atom. The van der Waals surface area contributed by atoms with Gasteiger partial charge in [-0.15, -0.1) is 0 Å². The number of anilines is 1. The van der Waals surface area contributed by atoms with Gasteiger partial charge in [0.25, 0.3) is 5.91 Å². The minimum atomic E-state index is -0.178. The highest BCUT2D eigenvalue weighted by Crippen LogP contribution is 2.21. The van der Waals surface area contributed by atoms with Crippen LogP contribution in [0.2, 0.25) is 10.0 Å². The Balaban J connectivity index is 1.96. The molecule has 0 saturated heterocycles. The summed E-state index contributed by atoms with van der Waals surface area (Å²) in [5.41, 5.74) is 2.10. The third kappa shape index (κ3) is 6.18. The van der Waals surface area contributed by atoms with Crippen molar-refractivity contribution in [3.63, 3.8) is 0 Å². The smallest absolute Gasteiger partial charge is 0.270 e. The number of carbonyl (C=O) groups is 1. The molecule has 0 spiro atoms. The van der Waals surface area contributed by atoms with Gasteiger partial charge < -0.3 is 10.6 Å². The van der Waals surface area contributed by atoms with Gasteiger partial charge in [-0.05, 0) is 43.5 Å². The van der Waals surface area contributed by atoms with Crippen molar-refractivity contribution in [2.45, 2.75) is 33.1 Å². The van der Waals surface area contributed by atoms with Crippen LogP contribution in [0, 0.1) is 6.92 Å². The zero-order valence-corrected chi connectivity index (χ0v) is 15.9. The number of carbonyl (C=O) groups excluding carboxylic acids is 1. The van der Waals surface area contributed by atoms with E-state index in [1.54, 1.807) is 12.1 Å². The molecule has 0 saturated carbocycles. The minimum absolute atomic E-state index is 0.178. The number of aryl methyl sites for hydroxylation is 1. The molecule has 5 nitrogen and oxygen atoms in total. The van der Waals surface area contributed by atoms with Gasteiger partial charge in [-0.25, -0.2) is 9.97 Å². The second-order valence-corrected chi connectivity index (χ2v) is 6.58. The van der Waals surface area contributed by atoms with Crippen molar-refractivity contribution in [3.05, 3.63) is 51.3 Å². The van der Waals surface area contributed by atoms with Gasteiger partial charge in [-0.1, -0.05) is 42.6 Å². The Morgan fingerprint density at radius 2 is 1.96 bits per heavy atom. The third-order valence-electron chi connectivity index (χ3n) is 3.60. The molecule has 2 rings (SSSR count). The normalized spacial score (nSPS) is 10.6. The Hall–Kier alpha value is -1.85. The second-order valence-electron chi connectivity index (χ2n) is 5.74. The summed E-state index contributed by atoms with van der Waals surface area (Å²) in [6.45, 7) is 5.17. The van der Waals surface area contributed by atoms with Crippen LogP contribution in [0.25, 0.3) is 0 Å². The topological polar surface area (TPSA) is 66.9 Å². The van der Waals surface area contributed by atoms with Gasteiger partial charge in [0, 0.05) is 28.8 Å². The highest BCUT2D eigenvalue weighted by Gasteiger charge is 2.10. The predicted molar refractivity (Wildman–Crippen MR) is 103 cm³/mol. The van der Waals surface area contributed by atoms with Crippen molar-refractivity contribution in [2.24, 2.45) is 0 Å². The van der Waals surface area contributed by atoms with Crippen LogP contribution in [0.5, 0.6) is 0 Å². The summed E-state index contributed by atoms with van der Waals surface area (Å²) in [4.78, 5) is 20.8. The zero-order valence-electron chi connectivity index (χ0n) is 14.4. The Labute approximate surface area is 158 Å². The maximum atomic E-state index is 12.1. The number of hydrogen-bond donors (Lipinski definition) is 2. The van der Waals surface area contributed by atoms with E-state index < -0.39 is 0 Å². The van der Waals surface area contributed by atoms with Gasteiger partial charge in [0.05, 0.1) is 0 Å². The van der Waals surface area contributed by atoms with Crippen LogP contribution in [0.15, 0.2) is 24.3 Å². The van der Waals surface area contributed by atoms with Crippen LogP contribution in [-0.4, -0.2) is 29.0 Å². The fourth-order valence-electron chi connectivity index (χ4n) is 2.27. The van der Waals surface area contributed by atoms with Gasteiger partial charge in [-0.2, -0.15) is 0 Å². The maximum absolute atomic E-state index is 12.1. The molecule has 134 valence electrons. The molecule has 7 heteroatoms. The van der Waals surface area contributed by atoms with Gasteiger partial charge in [0.1, 0.15) is 5.69 Å². The van der Waals surface area contributed by atoms with Crippen LogP contribution in [0.3, 0.4) is 0 Å². The standard InChI is InChI=1S/C18H22Cl2N4O/c1-3-4-8-21-17(25)16-10-12(2)23-18(24-16)22-9-7-13-5-6-14(19)11-15(13)20/h5-6,10-11H,3-4,7-9H2,1-2H3,(H,21,25)(H,22,23,24). The van der Waals surface area contributed by atoms with Crippen molar-refractivity contribution in [1.82, 2.24) is 15.3 Å². The molecule has 2 N–H and O–H groups in total. The number of aromatic nitrogens is 2. The number of unbranched alkanes of at least 4 members (excludes halogenated alkanes) is 1. The molecule has 2 aromatic rings. The van der Waals surface area contributed by atoms with E-state index in [9.17, 15) is 4.79 Å². The number of hydrogen-bond acceptors (Lipinski definition) is 4. The van der Waals surface area contributed by atoms with E-state index >= 15 is 0 Å². The first kappa shape index (κ1) is 19.5. The average molecular weight is 381 g/mol. The van der Waals surface area contributed by atoms with E-state index in [0.717, 1.165) is 24.1 Å². The molecule has 1 aromatic carbocycles. The van der Waals surface area contributed by atoms with E-state index in [1.807, 2.05) is 19.1 Å². The summed E-state index contributed by atoms with van der Waals surface area (Å²) in [6, 6.07) is 7.11. The zero-order chi connectivity index (χ0) is 18.2. The van der Waals surface area contributed by atoms with Crippen LogP contribution >= 0.6 is 23.2 Å². The van der Waals surface area contributed by atoms with Crippen LogP contribution in [0.4, 0.5) is 5.95 Å². The number of rotatable bonds is 8.